The number of nitrogens with two attached hydrogens (primary N) is 1. The molecule has 3 N–H and O–H groups in total. The number of carbonyl (C=O) groups excluding carboxylic acids is 1. The second-order valence-electron chi connectivity index (χ2n) is 4.83. The molecule has 1 aliphatic carbocycles. The van der Waals surface area contributed by atoms with Crippen molar-refractivity contribution in [1.82, 2.24) is 10.3 Å². The van der Waals surface area contributed by atoms with Gasteiger partial charge < -0.3 is 11.1 Å². The van der Waals surface area contributed by atoms with Crippen LogP contribution in [-0.4, -0.2) is 28.4 Å². The third-order valence-electron chi connectivity index (χ3n) is 3.68. The predicted molar refractivity (Wildman–Crippen MR) is 75.7 cm³/mol. The molecular weight excluding hydrogens is 265 g/mol. The molecule has 1 amide bonds. The monoisotopic (exact) mass is 283 g/mol. The lowest BCUT2D eigenvalue weighted by Gasteiger charge is -2.26. The van der Waals surface area contributed by atoms with Crippen molar-refractivity contribution in [2.24, 2.45) is 0 Å². The fourth-order valence-electron chi connectivity index (χ4n) is 2.44. The van der Waals surface area contributed by atoms with Crippen molar-refractivity contribution in [3.63, 3.8) is 0 Å². The predicted octanol–water partition coefficient (Wildman–Crippen LogP) is 2.21. The third-order valence-corrected chi connectivity index (χ3v) is 5.10. The van der Waals surface area contributed by atoms with Crippen LogP contribution < -0.4 is 11.1 Å². The zero-order valence-corrected chi connectivity index (χ0v) is 11.7. The smallest absolute Gasteiger partial charge is 0.254 e. The molecule has 1 saturated carbocycles. The second-order valence-corrected chi connectivity index (χ2v) is 6.11. The highest BCUT2D eigenvalue weighted by molar-refractivity contribution is 8.00. The van der Waals surface area contributed by atoms with Crippen molar-refractivity contribution in [1.29, 1.82) is 0 Å². The Labute approximate surface area is 116 Å². The molecule has 0 spiro atoms. The maximum Gasteiger partial charge on any atom is 0.254 e. The molecule has 0 atom stereocenters. The summed E-state index contributed by atoms with van der Waals surface area (Å²) in [6.45, 7) is 0.564. The Morgan fingerprint density at radius 3 is 2.89 bits per heavy atom. The lowest BCUT2D eigenvalue weighted by atomic mass is 10.1. The van der Waals surface area contributed by atoms with E-state index in [1.54, 1.807) is 11.8 Å². The number of nitrogens with zero attached hydrogens (tertiary/aromatic N) is 1. The number of amides is 1. The van der Waals surface area contributed by atoms with Crippen molar-refractivity contribution in [2.75, 3.05) is 18.5 Å². The van der Waals surface area contributed by atoms with Crippen molar-refractivity contribution >= 4 is 23.5 Å². The Hall–Kier alpha value is -1.30. The van der Waals surface area contributed by atoms with Gasteiger partial charge in [0.2, 0.25) is 0 Å². The van der Waals surface area contributed by atoms with Gasteiger partial charge in [0, 0.05) is 17.5 Å². The van der Waals surface area contributed by atoms with Crippen LogP contribution in [0.1, 0.15) is 36.0 Å². The molecule has 1 fully saturated rings. The molecule has 1 heterocycles. The van der Waals surface area contributed by atoms with Gasteiger partial charge in [-0.15, -0.1) is 0 Å². The minimum atomic E-state index is -0.746. The second kappa shape index (κ2) is 5.77. The molecule has 4 nitrogen and oxygen atoms in total. The Kier molecular flexibility index (Phi) is 4.29. The number of nitrogen functional groups attached to an aromatic ring is 1. The maximum absolute atomic E-state index is 13.7. The van der Waals surface area contributed by atoms with Crippen molar-refractivity contribution in [3.05, 3.63) is 23.6 Å². The molecule has 19 heavy (non-hydrogen) atoms. The van der Waals surface area contributed by atoms with E-state index in [2.05, 4.69) is 16.6 Å². The molecule has 0 unspecified atom stereocenters. The Morgan fingerprint density at radius 2 is 2.26 bits per heavy atom. The van der Waals surface area contributed by atoms with Crippen LogP contribution in [0.15, 0.2) is 12.3 Å². The van der Waals surface area contributed by atoms with Crippen LogP contribution in [0.2, 0.25) is 0 Å². The Balaban J connectivity index is 2.03. The Bertz CT molecular complexity index is 475. The largest absolute Gasteiger partial charge is 0.381 e. The summed E-state index contributed by atoms with van der Waals surface area (Å²) in [7, 11) is 0. The van der Waals surface area contributed by atoms with Gasteiger partial charge in [0.25, 0.3) is 5.91 Å². The van der Waals surface area contributed by atoms with E-state index in [1.165, 1.54) is 25.1 Å². The highest BCUT2D eigenvalue weighted by Crippen LogP contribution is 2.39. The topological polar surface area (TPSA) is 68.0 Å². The van der Waals surface area contributed by atoms with E-state index < -0.39 is 11.7 Å². The highest BCUT2D eigenvalue weighted by Gasteiger charge is 2.33. The number of carbonyl (C=O) groups is 1. The molecule has 0 aromatic carbocycles. The number of halogens is 1. The molecule has 0 saturated heterocycles. The van der Waals surface area contributed by atoms with E-state index in [-0.39, 0.29) is 16.1 Å². The maximum atomic E-state index is 13.7. The van der Waals surface area contributed by atoms with Gasteiger partial charge in [-0.25, -0.2) is 9.37 Å². The molecule has 1 aromatic heterocycles. The zero-order valence-electron chi connectivity index (χ0n) is 10.9. The summed E-state index contributed by atoms with van der Waals surface area (Å²) in [4.78, 5) is 15.6. The Morgan fingerprint density at radius 1 is 1.58 bits per heavy atom. The fourth-order valence-corrected chi connectivity index (χ4v) is 3.36. The van der Waals surface area contributed by atoms with Gasteiger partial charge in [0.15, 0.2) is 11.6 Å². The van der Waals surface area contributed by atoms with Crippen LogP contribution in [-0.2, 0) is 0 Å². The number of thioether (sulfide) groups is 1. The average Bonchev–Trinajstić information content (AvgIpc) is 2.89. The molecule has 0 bridgehead atoms. The van der Waals surface area contributed by atoms with Crippen LogP contribution in [0.25, 0.3) is 0 Å². The number of hydrogen-bond donors (Lipinski definition) is 2. The van der Waals surface area contributed by atoms with Gasteiger partial charge in [-0.1, -0.05) is 12.8 Å². The molecule has 0 aliphatic heterocycles. The van der Waals surface area contributed by atoms with E-state index in [1.807, 2.05) is 0 Å². The van der Waals surface area contributed by atoms with E-state index in [0.29, 0.717) is 6.54 Å². The van der Waals surface area contributed by atoms with Gasteiger partial charge in [-0.3, -0.25) is 4.79 Å². The summed E-state index contributed by atoms with van der Waals surface area (Å²) in [5.41, 5.74) is 5.32. The summed E-state index contributed by atoms with van der Waals surface area (Å²) in [6.07, 6.45) is 7.96. The van der Waals surface area contributed by atoms with Gasteiger partial charge in [-0.05, 0) is 25.2 Å². The highest BCUT2D eigenvalue weighted by atomic mass is 32.2. The normalized spacial score (nSPS) is 17.4. The molecule has 2 rings (SSSR count). The molecular formula is C13H18FN3OS. The van der Waals surface area contributed by atoms with Gasteiger partial charge in [-0.2, -0.15) is 11.8 Å². The standard InChI is InChI=1S/C13H18FN3OS/c1-19-13(5-2-3-6-13)8-17-12(18)9-4-7-16-11(15)10(9)14/h4,7H,2-3,5-6,8H2,1H3,(H2,15,16)(H,17,18). The number of anilines is 1. The van der Waals surface area contributed by atoms with E-state index in [9.17, 15) is 9.18 Å². The molecule has 1 aliphatic rings. The first-order valence-electron chi connectivity index (χ1n) is 6.31. The summed E-state index contributed by atoms with van der Waals surface area (Å²) >= 11 is 1.78. The van der Waals surface area contributed by atoms with Crippen LogP contribution in [0.5, 0.6) is 0 Å². The summed E-state index contributed by atoms with van der Waals surface area (Å²) in [5.74, 6) is -1.41. The van der Waals surface area contributed by atoms with Crippen molar-refractivity contribution in [3.8, 4) is 0 Å². The first-order chi connectivity index (χ1) is 9.08. The van der Waals surface area contributed by atoms with E-state index >= 15 is 0 Å². The zero-order chi connectivity index (χ0) is 13.9. The summed E-state index contributed by atoms with van der Waals surface area (Å²) in [5, 5.41) is 2.82. The fraction of sp³-hybridized carbons (Fsp3) is 0.538. The lowest BCUT2D eigenvalue weighted by molar-refractivity contribution is 0.0945. The van der Waals surface area contributed by atoms with Gasteiger partial charge >= 0.3 is 0 Å². The van der Waals surface area contributed by atoms with E-state index in [0.717, 1.165) is 12.8 Å². The van der Waals surface area contributed by atoms with Crippen LogP contribution >= 0.6 is 11.8 Å². The van der Waals surface area contributed by atoms with Crippen LogP contribution in [0.3, 0.4) is 0 Å². The van der Waals surface area contributed by atoms with Crippen molar-refractivity contribution < 1.29 is 9.18 Å². The SMILES string of the molecule is CSC1(CNC(=O)c2ccnc(N)c2F)CCCC1. The molecule has 6 heteroatoms. The number of pyridine rings is 1. The summed E-state index contributed by atoms with van der Waals surface area (Å²) in [6, 6.07) is 1.35. The molecule has 1 aromatic rings. The first kappa shape index (κ1) is 14.1. The van der Waals surface area contributed by atoms with Gasteiger partial charge in [0.05, 0.1) is 5.56 Å². The number of nitrogens with one attached hydrogen (secondary N) is 1. The number of rotatable bonds is 4. The van der Waals surface area contributed by atoms with E-state index in [4.69, 9.17) is 5.73 Å². The minimum absolute atomic E-state index is 0.0400. The van der Waals surface area contributed by atoms with Gasteiger partial charge in [0.1, 0.15) is 0 Å². The molecule has 0 radical (unpaired) electrons. The quantitative estimate of drug-likeness (QED) is 0.889. The lowest BCUT2D eigenvalue weighted by Crippen LogP contribution is -2.38. The summed E-state index contributed by atoms with van der Waals surface area (Å²) < 4.78 is 13.8. The van der Waals surface area contributed by atoms with Crippen LogP contribution in [0, 0.1) is 5.82 Å². The van der Waals surface area contributed by atoms with Crippen LogP contribution in [0.4, 0.5) is 10.2 Å². The van der Waals surface area contributed by atoms with Crippen molar-refractivity contribution in [2.45, 2.75) is 30.4 Å². The third kappa shape index (κ3) is 3.00. The number of hydrogen-bond acceptors (Lipinski definition) is 4. The number of aromatic nitrogens is 1. The first-order valence-corrected chi connectivity index (χ1v) is 7.54. The molecule has 104 valence electrons. The average molecular weight is 283 g/mol. The minimum Gasteiger partial charge on any atom is -0.381 e.